The lowest BCUT2D eigenvalue weighted by molar-refractivity contribution is -0.190. The van der Waals surface area contributed by atoms with E-state index in [4.69, 9.17) is 14.2 Å². The topological polar surface area (TPSA) is 101 Å². The molecule has 0 saturated heterocycles. The zero-order valence-electron chi connectivity index (χ0n) is 20.6. The first-order valence-electron chi connectivity index (χ1n) is 12.0. The third kappa shape index (κ3) is 7.17. The molecule has 34 heavy (non-hydrogen) atoms. The van der Waals surface area contributed by atoms with Crippen molar-refractivity contribution in [1.29, 1.82) is 0 Å². The highest BCUT2D eigenvalue weighted by Crippen LogP contribution is 2.34. The molecule has 0 aliphatic carbocycles. The molecule has 1 aromatic carbocycles. The van der Waals surface area contributed by atoms with Crippen LogP contribution in [0.5, 0.6) is 5.75 Å². The number of unbranched alkanes of at least 4 members (excludes halogenated alkanes) is 3. The lowest BCUT2D eigenvalue weighted by atomic mass is 10.1. The van der Waals surface area contributed by atoms with Crippen LogP contribution in [0.4, 0.5) is 0 Å². The van der Waals surface area contributed by atoms with Crippen molar-refractivity contribution in [3.8, 4) is 5.75 Å². The summed E-state index contributed by atoms with van der Waals surface area (Å²) in [5.41, 5.74) is -0.225. The van der Waals surface area contributed by atoms with Gasteiger partial charge in [0.2, 0.25) is 0 Å². The van der Waals surface area contributed by atoms with E-state index in [0.29, 0.717) is 30.2 Å². The second-order valence-corrected chi connectivity index (χ2v) is 8.22. The van der Waals surface area contributed by atoms with E-state index in [2.05, 4.69) is 0 Å². The van der Waals surface area contributed by atoms with Crippen LogP contribution in [0.2, 0.25) is 0 Å². The van der Waals surface area contributed by atoms with Gasteiger partial charge in [0.15, 0.2) is 5.75 Å². The highest BCUT2D eigenvalue weighted by molar-refractivity contribution is 5.89. The largest absolute Gasteiger partial charge is 0.425 e. The Morgan fingerprint density at radius 2 is 1.32 bits per heavy atom. The smallest absolute Gasteiger partial charge is 0.311 e. The van der Waals surface area contributed by atoms with E-state index in [1.165, 1.54) is 4.57 Å². The maximum Gasteiger partial charge on any atom is 0.311 e. The zero-order chi connectivity index (χ0) is 25.1. The molecule has 1 aromatic heterocycles. The Bertz CT molecular complexity index is 1040. The standard InChI is InChI=1S/C26H35NO7/c1-5-8-15-20(28)32-24-18-13-11-12-14-19(18)27(4)25(31)23(24)26(33-21(29)16-9-6-2)34-22(30)17-10-7-3/h11-14,26H,5-10,15-17H2,1-4H3. The van der Waals surface area contributed by atoms with Gasteiger partial charge in [-0.1, -0.05) is 52.2 Å². The van der Waals surface area contributed by atoms with Gasteiger partial charge in [-0.25, -0.2) is 0 Å². The molecule has 2 aromatic rings. The summed E-state index contributed by atoms with van der Waals surface area (Å²) in [5, 5.41) is 0.476. The molecule has 0 aliphatic rings. The van der Waals surface area contributed by atoms with Crippen LogP contribution in [0, 0.1) is 0 Å². The summed E-state index contributed by atoms with van der Waals surface area (Å²) in [4.78, 5) is 51.0. The minimum absolute atomic E-state index is 0.0450. The molecule has 1 heterocycles. The Hall–Kier alpha value is -3.16. The van der Waals surface area contributed by atoms with E-state index < -0.39 is 29.8 Å². The molecule has 0 spiro atoms. The first-order chi connectivity index (χ1) is 16.3. The first-order valence-corrected chi connectivity index (χ1v) is 12.0. The number of nitrogens with zero attached hydrogens (tertiary/aromatic N) is 1. The lowest BCUT2D eigenvalue weighted by Crippen LogP contribution is -2.30. The molecular weight excluding hydrogens is 438 g/mol. The van der Waals surface area contributed by atoms with Gasteiger partial charge in [0.25, 0.3) is 11.8 Å². The number of fused-ring (bicyclic) bond motifs is 1. The number of carbonyl (C=O) groups excluding carboxylic acids is 3. The number of rotatable bonds is 13. The Morgan fingerprint density at radius 1 is 0.824 bits per heavy atom. The molecule has 0 saturated carbocycles. The summed E-state index contributed by atoms with van der Waals surface area (Å²) in [7, 11) is 1.56. The van der Waals surface area contributed by atoms with Gasteiger partial charge >= 0.3 is 17.9 Å². The van der Waals surface area contributed by atoms with Crippen LogP contribution in [0.1, 0.15) is 90.4 Å². The summed E-state index contributed by atoms with van der Waals surface area (Å²) in [6.07, 6.45) is 2.90. The van der Waals surface area contributed by atoms with E-state index in [-0.39, 0.29) is 30.6 Å². The molecule has 8 nitrogen and oxygen atoms in total. The lowest BCUT2D eigenvalue weighted by Gasteiger charge is -2.22. The van der Waals surface area contributed by atoms with E-state index in [9.17, 15) is 19.2 Å². The number of aryl methyl sites for hydroxylation is 1. The number of benzene rings is 1. The van der Waals surface area contributed by atoms with Crippen molar-refractivity contribution >= 4 is 28.8 Å². The van der Waals surface area contributed by atoms with Gasteiger partial charge in [-0.2, -0.15) is 0 Å². The molecule has 0 fully saturated rings. The molecule has 0 unspecified atom stereocenters. The van der Waals surface area contributed by atoms with Crippen molar-refractivity contribution < 1.29 is 28.6 Å². The van der Waals surface area contributed by atoms with Crippen LogP contribution in [-0.2, 0) is 30.9 Å². The molecule has 0 atom stereocenters. The number of hydrogen-bond acceptors (Lipinski definition) is 7. The summed E-state index contributed by atoms with van der Waals surface area (Å²) in [6.45, 7) is 5.82. The average molecular weight is 474 g/mol. The van der Waals surface area contributed by atoms with E-state index in [1.54, 1.807) is 31.3 Å². The van der Waals surface area contributed by atoms with Gasteiger partial charge in [0.1, 0.15) is 5.56 Å². The van der Waals surface area contributed by atoms with Crippen LogP contribution in [0.15, 0.2) is 29.1 Å². The predicted octanol–water partition coefficient (Wildman–Crippen LogP) is 5.10. The first kappa shape index (κ1) is 27.1. The molecule has 0 bridgehead atoms. The highest BCUT2D eigenvalue weighted by Gasteiger charge is 2.31. The Kier molecular flexibility index (Phi) is 10.8. The van der Waals surface area contributed by atoms with Crippen LogP contribution < -0.4 is 10.3 Å². The number of aromatic nitrogens is 1. The van der Waals surface area contributed by atoms with E-state index in [1.807, 2.05) is 20.8 Å². The molecule has 0 N–H and O–H groups in total. The van der Waals surface area contributed by atoms with Crippen molar-refractivity contribution in [2.24, 2.45) is 7.05 Å². The van der Waals surface area contributed by atoms with Gasteiger partial charge in [-0.15, -0.1) is 0 Å². The number of carbonyl (C=O) groups is 3. The fraction of sp³-hybridized carbons (Fsp3) is 0.538. The van der Waals surface area contributed by atoms with Gasteiger partial charge in [-0.3, -0.25) is 19.2 Å². The van der Waals surface area contributed by atoms with Crippen molar-refractivity contribution in [3.05, 3.63) is 40.2 Å². The molecular formula is C26H35NO7. The van der Waals surface area contributed by atoms with Crippen LogP contribution in [-0.4, -0.2) is 22.5 Å². The molecule has 0 aliphatic heterocycles. The van der Waals surface area contributed by atoms with Gasteiger partial charge in [0, 0.05) is 31.7 Å². The fourth-order valence-corrected chi connectivity index (χ4v) is 3.43. The van der Waals surface area contributed by atoms with Crippen LogP contribution >= 0.6 is 0 Å². The summed E-state index contributed by atoms with van der Waals surface area (Å²) >= 11 is 0. The molecule has 0 amide bonds. The van der Waals surface area contributed by atoms with Crippen molar-refractivity contribution in [2.75, 3.05) is 0 Å². The SMILES string of the molecule is CCCCC(=O)Oc1c(C(OC(=O)CCCC)OC(=O)CCCC)c(=O)n(C)c2ccccc12. The summed E-state index contributed by atoms with van der Waals surface area (Å²) in [6, 6.07) is 6.93. The fourth-order valence-electron chi connectivity index (χ4n) is 3.43. The van der Waals surface area contributed by atoms with Gasteiger partial charge < -0.3 is 18.8 Å². The summed E-state index contributed by atoms with van der Waals surface area (Å²) in [5.74, 6) is -1.77. The van der Waals surface area contributed by atoms with Crippen molar-refractivity contribution in [3.63, 3.8) is 0 Å². The number of pyridine rings is 1. The minimum Gasteiger partial charge on any atom is -0.425 e. The van der Waals surface area contributed by atoms with Crippen molar-refractivity contribution in [2.45, 2.75) is 84.8 Å². The van der Waals surface area contributed by atoms with Gasteiger partial charge in [-0.05, 0) is 31.4 Å². The third-order valence-corrected chi connectivity index (χ3v) is 5.42. The number of esters is 3. The Morgan fingerprint density at radius 3 is 1.85 bits per heavy atom. The normalized spacial score (nSPS) is 11.0. The maximum absolute atomic E-state index is 13.4. The Balaban J connectivity index is 2.63. The monoisotopic (exact) mass is 473 g/mol. The van der Waals surface area contributed by atoms with Crippen molar-refractivity contribution in [1.82, 2.24) is 4.57 Å². The third-order valence-electron chi connectivity index (χ3n) is 5.42. The minimum atomic E-state index is -1.62. The maximum atomic E-state index is 13.4. The molecule has 186 valence electrons. The van der Waals surface area contributed by atoms with E-state index >= 15 is 0 Å². The number of para-hydroxylation sites is 1. The summed E-state index contributed by atoms with van der Waals surface area (Å²) < 4.78 is 18.0. The molecule has 8 heteroatoms. The number of ether oxygens (including phenoxy) is 3. The average Bonchev–Trinajstić information content (AvgIpc) is 2.83. The molecule has 0 radical (unpaired) electrons. The molecule has 2 rings (SSSR count). The number of hydrogen-bond donors (Lipinski definition) is 0. The van der Waals surface area contributed by atoms with Crippen LogP contribution in [0.25, 0.3) is 10.9 Å². The second kappa shape index (κ2) is 13.5. The Labute approximate surface area is 200 Å². The predicted molar refractivity (Wildman–Crippen MR) is 128 cm³/mol. The quantitative estimate of drug-likeness (QED) is 0.295. The van der Waals surface area contributed by atoms with Gasteiger partial charge in [0.05, 0.1) is 5.52 Å². The van der Waals surface area contributed by atoms with Crippen LogP contribution in [0.3, 0.4) is 0 Å². The second-order valence-electron chi connectivity index (χ2n) is 8.22. The highest BCUT2D eigenvalue weighted by atomic mass is 16.7. The van der Waals surface area contributed by atoms with E-state index in [0.717, 1.165) is 19.3 Å². The zero-order valence-corrected chi connectivity index (χ0v) is 20.6.